The summed E-state index contributed by atoms with van der Waals surface area (Å²) in [5.41, 5.74) is -1.60. The Bertz CT molecular complexity index is 1490. The molecule has 0 radical (unpaired) electrons. The zero-order chi connectivity index (χ0) is 40.4. The van der Waals surface area contributed by atoms with Gasteiger partial charge in [-0.05, 0) is 50.3 Å². The molecule has 10 nitrogen and oxygen atoms in total. The Kier molecular flexibility index (Phi) is 13.8. The van der Waals surface area contributed by atoms with E-state index in [4.69, 9.17) is 28.4 Å². The van der Waals surface area contributed by atoms with E-state index in [0.29, 0.717) is 18.6 Å². The van der Waals surface area contributed by atoms with Crippen LogP contribution in [0.4, 0.5) is 0 Å². The molecule has 1 N–H and O–H groups in total. The average Bonchev–Trinajstić information content (AvgIpc) is 3.65. The number of carbonyl (C=O) groups is 2. The minimum absolute atomic E-state index is 0.0198. The third kappa shape index (κ3) is 7.02. The molecule has 2 unspecified atom stereocenters. The summed E-state index contributed by atoms with van der Waals surface area (Å²) in [5.74, 6) is -1.99. The van der Waals surface area contributed by atoms with Gasteiger partial charge in [-0.3, -0.25) is 9.69 Å². The zero-order valence-electron chi connectivity index (χ0n) is 35.8. The molecule has 0 amide bonds. The molecular formula is C47H73NO9. The number of carbonyl (C=O) groups excluding carboxylic acids is 2. The largest absolute Gasteiger partial charge is 0.458 e. The minimum atomic E-state index is -1.42. The third-order valence-corrected chi connectivity index (χ3v) is 16.2. The van der Waals surface area contributed by atoms with Crippen molar-refractivity contribution in [1.29, 1.82) is 0 Å². The van der Waals surface area contributed by atoms with Gasteiger partial charge in [0.25, 0.3) is 0 Å². The Morgan fingerprint density at radius 2 is 1.46 bits per heavy atom. The van der Waals surface area contributed by atoms with Gasteiger partial charge in [-0.1, -0.05) is 103 Å². The van der Waals surface area contributed by atoms with Crippen molar-refractivity contribution < 1.29 is 43.1 Å². The van der Waals surface area contributed by atoms with Gasteiger partial charge in [-0.15, -0.1) is 0 Å². The van der Waals surface area contributed by atoms with Crippen molar-refractivity contribution in [2.45, 2.75) is 159 Å². The summed E-state index contributed by atoms with van der Waals surface area (Å²) in [4.78, 5) is 31.1. The Labute approximate surface area is 342 Å². The summed E-state index contributed by atoms with van der Waals surface area (Å²) in [6.45, 7) is 6.67. The summed E-state index contributed by atoms with van der Waals surface area (Å²) in [5, 5.41) is 13.0. The molecule has 0 aromatic heterocycles. The lowest BCUT2D eigenvalue weighted by Crippen LogP contribution is -2.79. The number of nitrogens with zero attached hydrogens (tertiary/aromatic N) is 1. The second-order valence-electron chi connectivity index (χ2n) is 18.6. The Balaban J connectivity index is 1.22. The molecule has 5 aliphatic carbocycles. The first-order chi connectivity index (χ1) is 27.7. The van der Waals surface area contributed by atoms with Crippen LogP contribution in [-0.4, -0.2) is 112 Å². The quantitative estimate of drug-likeness (QED) is 0.0929. The van der Waals surface area contributed by atoms with Gasteiger partial charge in [-0.25, -0.2) is 4.79 Å². The molecule has 6 aliphatic rings. The fraction of sp³-hybridized carbons (Fsp3) is 0.830. The number of fused-ring (bicyclic) bond motifs is 2. The van der Waals surface area contributed by atoms with E-state index in [0.717, 1.165) is 45.2 Å². The van der Waals surface area contributed by atoms with E-state index in [1.54, 1.807) is 33.5 Å². The lowest BCUT2D eigenvalue weighted by molar-refractivity contribution is -0.304. The van der Waals surface area contributed by atoms with Gasteiger partial charge in [0.05, 0.1) is 30.5 Å². The Morgan fingerprint density at radius 3 is 2.05 bits per heavy atom. The highest BCUT2D eigenvalue weighted by Crippen LogP contribution is 2.80. The lowest BCUT2D eigenvalue weighted by Gasteiger charge is -2.69. The van der Waals surface area contributed by atoms with E-state index >= 15 is 0 Å². The molecule has 6 fully saturated rings. The molecule has 1 aromatic rings. The highest BCUT2D eigenvalue weighted by Gasteiger charge is 2.89. The van der Waals surface area contributed by atoms with Crippen molar-refractivity contribution >= 4 is 11.9 Å². The maximum atomic E-state index is 14.5. The fourth-order valence-corrected chi connectivity index (χ4v) is 14.5. The Hall–Kier alpha value is -2.08. The first kappa shape index (κ1) is 43.0. The van der Waals surface area contributed by atoms with Gasteiger partial charge in [0.15, 0.2) is 5.60 Å². The van der Waals surface area contributed by atoms with Crippen molar-refractivity contribution in [3.63, 3.8) is 0 Å². The van der Waals surface area contributed by atoms with Crippen LogP contribution >= 0.6 is 0 Å². The van der Waals surface area contributed by atoms with Crippen LogP contribution in [0.25, 0.3) is 0 Å². The Morgan fingerprint density at radius 1 is 0.807 bits per heavy atom. The van der Waals surface area contributed by atoms with E-state index in [9.17, 15) is 14.7 Å². The molecule has 1 spiro atoms. The highest BCUT2D eigenvalue weighted by molar-refractivity contribution is 5.89. The number of likely N-dealkylation sites (tertiary alicyclic amines) is 1. The van der Waals surface area contributed by atoms with Crippen molar-refractivity contribution in [3.05, 3.63) is 35.9 Å². The van der Waals surface area contributed by atoms with Crippen LogP contribution in [0.1, 0.15) is 127 Å². The first-order valence-electron chi connectivity index (χ1n) is 22.7. The second-order valence-corrected chi connectivity index (χ2v) is 18.6. The smallest absolute Gasteiger partial charge is 0.338 e. The fourth-order valence-electron chi connectivity index (χ4n) is 14.5. The number of hydrogen-bond acceptors (Lipinski definition) is 10. The molecule has 5 saturated carbocycles. The first-order valence-corrected chi connectivity index (χ1v) is 22.7. The van der Waals surface area contributed by atoms with Gasteiger partial charge in [-0.2, -0.15) is 0 Å². The molecule has 1 aromatic carbocycles. The van der Waals surface area contributed by atoms with Gasteiger partial charge in [0.2, 0.25) is 0 Å². The maximum Gasteiger partial charge on any atom is 0.338 e. The van der Waals surface area contributed by atoms with Gasteiger partial charge < -0.3 is 33.5 Å². The normalized spacial score (nSPS) is 39.9. The van der Waals surface area contributed by atoms with E-state index in [1.807, 2.05) is 25.3 Å². The third-order valence-electron chi connectivity index (χ3n) is 16.2. The van der Waals surface area contributed by atoms with Crippen LogP contribution in [0, 0.1) is 40.4 Å². The topological polar surface area (TPSA) is 113 Å². The molecule has 320 valence electrons. The monoisotopic (exact) mass is 796 g/mol. The number of methoxy groups -OCH3 is 4. The molecule has 14 atom stereocenters. The maximum absolute atomic E-state index is 14.5. The van der Waals surface area contributed by atoms with E-state index < -0.39 is 47.1 Å². The van der Waals surface area contributed by atoms with E-state index in [-0.39, 0.29) is 53.8 Å². The summed E-state index contributed by atoms with van der Waals surface area (Å²) in [7, 11) is 7.03. The van der Waals surface area contributed by atoms with E-state index in [1.165, 1.54) is 57.8 Å². The molecule has 7 bridgehead atoms. The van der Waals surface area contributed by atoms with Crippen LogP contribution in [0.3, 0.4) is 0 Å². The molecular weight excluding hydrogens is 723 g/mol. The summed E-state index contributed by atoms with van der Waals surface area (Å²) in [6.07, 6.45) is 14.2. The van der Waals surface area contributed by atoms with Crippen LogP contribution < -0.4 is 0 Å². The molecule has 1 heterocycles. The summed E-state index contributed by atoms with van der Waals surface area (Å²) in [6, 6.07) is 9.01. The number of ether oxygens (including phenoxy) is 6. The van der Waals surface area contributed by atoms with Crippen molar-refractivity contribution in [2.75, 3.05) is 48.1 Å². The molecule has 1 aliphatic heterocycles. The number of piperidine rings is 1. The summed E-state index contributed by atoms with van der Waals surface area (Å²) < 4.78 is 39.5. The van der Waals surface area contributed by atoms with Crippen molar-refractivity contribution in [2.24, 2.45) is 40.4 Å². The standard InChI is InChI=1S/C47H73NO9/c1-7-9-10-11-12-13-14-15-16-17-18-22-25-35(49)57-47-36-33(28-32(39(54-5)43(47)50)38(36)56-44(51)31-23-20-19-21-24-31)46-34(53-4)26-27-45(30-52-3)29-48(8-2)42(46)37(47)40(55-6)41(45)46/h19-21,23-24,32-34,36-43,50H,7-18,22,25-30H2,1-6H3/t32?,33-,34+,36-,37+,38+,39-,40+,41-,42?,43+,45+,46+,47-/m1/s1. The number of rotatable bonds is 22. The number of unbranched alkanes of at least 4 members (excludes halogenated alkanes) is 11. The number of hydrogen-bond donors (Lipinski definition) is 1. The van der Waals surface area contributed by atoms with Crippen molar-refractivity contribution in [3.8, 4) is 0 Å². The predicted octanol–water partition coefficient (Wildman–Crippen LogP) is 7.63. The number of aliphatic hydroxyl groups excluding tert-OH is 1. The molecule has 10 heteroatoms. The van der Waals surface area contributed by atoms with Crippen LogP contribution in [0.15, 0.2) is 30.3 Å². The lowest BCUT2D eigenvalue weighted by atomic mass is 9.43. The molecule has 57 heavy (non-hydrogen) atoms. The minimum Gasteiger partial charge on any atom is -0.458 e. The van der Waals surface area contributed by atoms with Crippen molar-refractivity contribution in [1.82, 2.24) is 4.90 Å². The number of benzene rings is 1. The molecule has 7 rings (SSSR count). The zero-order valence-corrected chi connectivity index (χ0v) is 35.8. The van der Waals surface area contributed by atoms with Crippen LogP contribution in [0.5, 0.6) is 0 Å². The predicted molar refractivity (Wildman–Crippen MR) is 218 cm³/mol. The van der Waals surface area contributed by atoms with Crippen LogP contribution in [0.2, 0.25) is 0 Å². The molecule has 1 saturated heterocycles. The second kappa shape index (κ2) is 18.3. The van der Waals surface area contributed by atoms with Gasteiger partial charge in [0, 0.05) is 81.9 Å². The van der Waals surface area contributed by atoms with Crippen LogP contribution in [-0.2, 0) is 33.2 Å². The van der Waals surface area contributed by atoms with Gasteiger partial charge in [0.1, 0.15) is 12.2 Å². The average molecular weight is 796 g/mol. The van der Waals surface area contributed by atoms with Gasteiger partial charge >= 0.3 is 11.9 Å². The summed E-state index contributed by atoms with van der Waals surface area (Å²) >= 11 is 0. The number of aliphatic hydroxyl groups is 1. The number of esters is 2. The van der Waals surface area contributed by atoms with E-state index in [2.05, 4.69) is 18.7 Å². The SMILES string of the molecule is CCCCCCCCCCCCCCC(=O)O[C@@]12[C@@H]3[C@@H](CC([C@@H](OC)[C@@H]1O)[C@@H]3OC(=O)c1ccccc1)[C@@]13C4[C@@H]2[C@H](OC)[C@@H]1[C@@](COC)(CC[C@@H]3OC)CN4CC. The highest BCUT2D eigenvalue weighted by atomic mass is 16.6.